The Labute approximate surface area is 145 Å². The lowest BCUT2D eigenvalue weighted by Gasteiger charge is -2.36. The van der Waals surface area contributed by atoms with Crippen LogP contribution < -0.4 is 15.4 Å². The summed E-state index contributed by atoms with van der Waals surface area (Å²) in [5, 5.41) is 0.656. The number of aromatic nitrogens is 4. The van der Waals surface area contributed by atoms with Gasteiger partial charge >= 0.3 is 0 Å². The van der Waals surface area contributed by atoms with Crippen molar-refractivity contribution < 1.29 is 0 Å². The number of nitrogens with zero attached hydrogens (tertiary/aromatic N) is 6. The molecule has 0 spiro atoms. The third-order valence-electron chi connectivity index (χ3n) is 4.66. The number of piperazine rings is 1. The van der Waals surface area contributed by atoms with Gasteiger partial charge in [-0.2, -0.15) is 0 Å². The van der Waals surface area contributed by atoms with Crippen molar-refractivity contribution in [2.75, 3.05) is 36.0 Å². The second-order valence-electron chi connectivity index (χ2n) is 6.35. The normalized spacial score (nSPS) is 15.0. The Kier molecular flexibility index (Phi) is 3.83. The standard InChI is InChI=1S/C18H20N6O/c1-13-9-17(20-11-19-13)24-7-5-23(6-8-24)14-3-4-15-16(10-14)21-12-22(2)18(15)25/h3-4,9-12H,5-8H2,1-2H3. The summed E-state index contributed by atoms with van der Waals surface area (Å²) in [5.74, 6) is 0.982. The number of benzene rings is 1. The zero-order valence-corrected chi connectivity index (χ0v) is 14.4. The molecule has 1 saturated heterocycles. The molecule has 3 heterocycles. The van der Waals surface area contributed by atoms with E-state index in [1.807, 2.05) is 31.2 Å². The summed E-state index contributed by atoms with van der Waals surface area (Å²) in [6.07, 6.45) is 3.19. The number of aryl methyl sites for hydroxylation is 2. The molecule has 7 heteroatoms. The van der Waals surface area contributed by atoms with Gasteiger partial charge in [0, 0.05) is 50.7 Å². The van der Waals surface area contributed by atoms with Crippen molar-refractivity contribution in [3.8, 4) is 0 Å². The van der Waals surface area contributed by atoms with Crippen LogP contribution in [-0.4, -0.2) is 45.7 Å². The van der Waals surface area contributed by atoms with E-state index in [4.69, 9.17) is 0 Å². The van der Waals surface area contributed by atoms with Crippen molar-refractivity contribution in [2.24, 2.45) is 7.05 Å². The number of anilines is 2. The highest BCUT2D eigenvalue weighted by Gasteiger charge is 2.19. The van der Waals surface area contributed by atoms with Gasteiger partial charge in [0.15, 0.2) is 0 Å². The molecule has 1 aliphatic heterocycles. The summed E-state index contributed by atoms with van der Waals surface area (Å²) in [6, 6.07) is 7.91. The van der Waals surface area contributed by atoms with Gasteiger partial charge < -0.3 is 14.4 Å². The van der Waals surface area contributed by atoms with E-state index >= 15 is 0 Å². The molecule has 0 N–H and O–H groups in total. The molecule has 128 valence electrons. The van der Waals surface area contributed by atoms with E-state index in [1.165, 1.54) is 4.57 Å². The van der Waals surface area contributed by atoms with Gasteiger partial charge in [0.05, 0.1) is 17.2 Å². The summed E-state index contributed by atoms with van der Waals surface area (Å²) in [5.41, 5.74) is 2.82. The smallest absolute Gasteiger partial charge is 0.260 e. The molecule has 25 heavy (non-hydrogen) atoms. The van der Waals surface area contributed by atoms with Gasteiger partial charge in [0.1, 0.15) is 12.1 Å². The fourth-order valence-corrected chi connectivity index (χ4v) is 3.20. The lowest BCUT2D eigenvalue weighted by Crippen LogP contribution is -2.46. The topological polar surface area (TPSA) is 67.2 Å². The van der Waals surface area contributed by atoms with Crippen LogP contribution in [0.1, 0.15) is 5.69 Å². The summed E-state index contributed by atoms with van der Waals surface area (Å²) in [4.78, 5) is 29.6. The van der Waals surface area contributed by atoms with Gasteiger partial charge in [-0.1, -0.05) is 0 Å². The Morgan fingerprint density at radius 2 is 1.72 bits per heavy atom. The number of hydrogen-bond acceptors (Lipinski definition) is 6. The van der Waals surface area contributed by atoms with Crippen LogP contribution in [0.4, 0.5) is 11.5 Å². The van der Waals surface area contributed by atoms with Gasteiger partial charge in [-0.3, -0.25) is 4.79 Å². The van der Waals surface area contributed by atoms with Crippen LogP contribution in [0, 0.1) is 6.92 Å². The minimum atomic E-state index is -0.0134. The van der Waals surface area contributed by atoms with Gasteiger partial charge in [0.25, 0.3) is 5.56 Å². The zero-order chi connectivity index (χ0) is 17.4. The lowest BCUT2D eigenvalue weighted by atomic mass is 10.2. The summed E-state index contributed by atoms with van der Waals surface area (Å²) < 4.78 is 1.50. The van der Waals surface area contributed by atoms with Crippen LogP contribution in [-0.2, 0) is 7.05 Å². The second kappa shape index (κ2) is 6.16. The van der Waals surface area contributed by atoms with E-state index in [9.17, 15) is 4.79 Å². The van der Waals surface area contributed by atoms with Crippen LogP contribution in [0.3, 0.4) is 0 Å². The maximum atomic E-state index is 12.1. The first-order chi connectivity index (χ1) is 12.1. The second-order valence-corrected chi connectivity index (χ2v) is 6.35. The van der Waals surface area contributed by atoms with Crippen molar-refractivity contribution >= 4 is 22.4 Å². The van der Waals surface area contributed by atoms with Crippen molar-refractivity contribution in [1.82, 2.24) is 19.5 Å². The lowest BCUT2D eigenvalue weighted by molar-refractivity contribution is 0.646. The Hall–Kier alpha value is -2.96. The summed E-state index contributed by atoms with van der Waals surface area (Å²) in [6.45, 7) is 5.59. The number of rotatable bonds is 2. The highest BCUT2D eigenvalue weighted by Crippen LogP contribution is 2.22. The Morgan fingerprint density at radius 3 is 2.48 bits per heavy atom. The predicted octanol–water partition coefficient (Wildman–Crippen LogP) is 1.36. The molecule has 0 amide bonds. The third kappa shape index (κ3) is 2.93. The number of hydrogen-bond donors (Lipinski definition) is 0. The molecule has 0 atom stereocenters. The van der Waals surface area contributed by atoms with E-state index in [1.54, 1.807) is 19.7 Å². The van der Waals surface area contributed by atoms with Gasteiger partial charge in [-0.15, -0.1) is 0 Å². The molecule has 3 aromatic rings. The molecular weight excluding hydrogens is 316 g/mol. The molecule has 0 radical (unpaired) electrons. The first-order valence-corrected chi connectivity index (χ1v) is 8.36. The maximum absolute atomic E-state index is 12.1. The predicted molar refractivity (Wildman–Crippen MR) is 98.2 cm³/mol. The van der Waals surface area contributed by atoms with Gasteiger partial charge in [-0.05, 0) is 25.1 Å². The third-order valence-corrected chi connectivity index (χ3v) is 4.66. The Bertz CT molecular complexity index is 975. The van der Waals surface area contributed by atoms with Crippen molar-refractivity contribution in [3.63, 3.8) is 0 Å². The van der Waals surface area contributed by atoms with Crippen LogP contribution in [0.2, 0.25) is 0 Å². The average molecular weight is 336 g/mol. The minimum absolute atomic E-state index is 0.0134. The fraction of sp³-hybridized carbons (Fsp3) is 0.333. The first-order valence-electron chi connectivity index (χ1n) is 8.36. The maximum Gasteiger partial charge on any atom is 0.260 e. The van der Waals surface area contributed by atoms with E-state index < -0.39 is 0 Å². The molecule has 0 saturated carbocycles. The zero-order valence-electron chi connectivity index (χ0n) is 14.4. The largest absolute Gasteiger partial charge is 0.368 e. The van der Waals surface area contributed by atoms with Crippen molar-refractivity contribution in [1.29, 1.82) is 0 Å². The van der Waals surface area contributed by atoms with Crippen LogP contribution in [0.25, 0.3) is 10.9 Å². The average Bonchev–Trinajstić information content (AvgIpc) is 2.65. The van der Waals surface area contributed by atoms with Crippen molar-refractivity contribution in [2.45, 2.75) is 6.92 Å². The van der Waals surface area contributed by atoms with Crippen LogP contribution in [0.15, 0.2) is 41.7 Å². The van der Waals surface area contributed by atoms with Crippen molar-refractivity contribution in [3.05, 3.63) is 53.0 Å². The Balaban J connectivity index is 1.53. The molecule has 2 aromatic heterocycles. The molecule has 0 aliphatic carbocycles. The first kappa shape index (κ1) is 15.6. The molecular formula is C18H20N6O. The van der Waals surface area contributed by atoms with Gasteiger partial charge in [-0.25, -0.2) is 15.0 Å². The van der Waals surface area contributed by atoms with E-state index in [0.29, 0.717) is 5.39 Å². The molecule has 7 nitrogen and oxygen atoms in total. The van der Waals surface area contributed by atoms with Gasteiger partial charge in [0.2, 0.25) is 0 Å². The molecule has 4 rings (SSSR count). The highest BCUT2D eigenvalue weighted by atomic mass is 16.1. The van der Waals surface area contributed by atoms with E-state index in [2.05, 4.69) is 24.8 Å². The minimum Gasteiger partial charge on any atom is -0.368 e. The quantitative estimate of drug-likeness (QED) is 0.704. The molecule has 1 aromatic carbocycles. The Morgan fingerprint density at radius 1 is 0.960 bits per heavy atom. The highest BCUT2D eigenvalue weighted by molar-refractivity contribution is 5.81. The number of fused-ring (bicyclic) bond motifs is 1. The molecule has 1 fully saturated rings. The summed E-state index contributed by atoms with van der Waals surface area (Å²) in [7, 11) is 1.72. The SMILES string of the molecule is Cc1cc(N2CCN(c3ccc4c(=O)n(C)cnc4c3)CC2)ncn1. The molecule has 0 unspecified atom stereocenters. The van der Waals surface area contributed by atoms with E-state index in [0.717, 1.165) is 48.9 Å². The molecule has 0 bridgehead atoms. The fourth-order valence-electron chi connectivity index (χ4n) is 3.20. The van der Waals surface area contributed by atoms with Crippen LogP contribution in [0.5, 0.6) is 0 Å². The monoisotopic (exact) mass is 336 g/mol. The van der Waals surface area contributed by atoms with Crippen LogP contribution >= 0.6 is 0 Å². The summed E-state index contributed by atoms with van der Waals surface area (Å²) >= 11 is 0. The molecule has 1 aliphatic rings. The van der Waals surface area contributed by atoms with E-state index in [-0.39, 0.29) is 5.56 Å².